The number of thiazole rings is 1. The van der Waals surface area contributed by atoms with Crippen LogP contribution >= 0.6 is 38.9 Å². The van der Waals surface area contributed by atoms with Crippen molar-refractivity contribution in [1.29, 1.82) is 0 Å². The molecule has 23 heavy (non-hydrogen) atoms. The molecule has 0 aliphatic heterocycles. The van der Waals surface area contributed by atoms with E-state index in [1.807, 2.05) is 0 Å². The molecule has 0 radical (unpaired) electrons. The minimum atomic E-state index is -0.488. The molecule has 0 unspecified atom stereocenters. The Hall–Kier alpha value is -2.03. The summed E-state index contributed by atoms with van der Waals surface area (Å²) in [6.07, 6.45) is 0. The normalized spacial score (nSPS) is 10.7. The monoisotopic (exact) mass is 411 g/mol. The molecule has 3 aromatic rings. The summed E-state index contributed by atoms with van der Waals surface area (Å²) in [4.78, 5) is 26.8. The van der Waals surface area contributed by atoms with Gasteiger partial charge in [-0.2, -0.15) is 0 Å². The van der Waals surface area contributed by atoms with Gasteiger partial charge in [0.1, 0.15) is 0 Å². The largest absolute Gasteiger partial charge is 0.298 e. The summed E-state index contributed by atoms with van der Waals surface area (Å²) in [6.45, 7) is 0. The number of amides is 1. The number of rotatable bonds is 3. The van der Waals surface area contributed by atoms with Gasteiger partial charge in [-0.25, -0.2) is 4.98 Å². The van der Waals surface area contributed by atoms with Crippen molar-refractivity contribution < 1.29 is 9.72 Å². The highest BCUT2D eigenvalue weighted by molar-refractivity contribution is 9.10. The zero-order valence-electron chi connectivity index (χ0n) is 11.2. The number of nitrogens with one attached hydrogen (secondary N) is 1. The van der Waals surface area contributed by atoms with E-state index in [0.717, 1.165) is 9.17 Å². The maximum Gasteiger partial charge on any atom is 0.271 e. The molecule has 1 amide bonds. The first-order valence-corrected chi connectivity index (χ1v) is 8.24. The second-order valence-electron chi connectivity index (χ2n) is 4.51. The zero-order valence-corrected chi connectivity index (χ0v) is 14.4. The first-order chi connectivity index (χ1) is 10.9. The summed E-state index contributed by atoms with van der Waals surface area (Å²) in [5.74, 6) is -0.398. The summed E-state index contributed by atoms with van der Waals surface area (Å²) in [5.41, 5.74) is 0.724. The van der Waals surface area contributed by atoms with Crippen molar-refractivity contribution in [3.8, 4) is 0 Å². The van der Waals surface area contributed by atoms with Gasteiger partial charge < -0.3 is 0 Å². The van der Waals surface area contributed by atoms with Crippen molar-refractivity contribution in [3.05, 3.63) is 61.6 Å². The lowest BCUT2D eigenvalue weighted by Crippen LogP contribution is -2.12. The molecule has 0 bridgehead atoms. The molecule has 0 saturated carbocycles. The molecule has 1 heterocycles. The number of aromatic nitrogens is 1. The van der Waals surface area contributed by atoms with E-state index in [4.69, 9.17) is 11.6 Å². The highest BCUT2D eigenvalue weighted by Crippen LogP contribution is 2.30. The topological polar surface area (TPSA) is 85.1 Å². The van der Waals surface area contributed by atoms with Gasteiger partial charge in [-0.05, 0) is 24.3 Å². The fourth-order valence-electron chi connectivity index (χ4n) is 1.92. The van der Waals surface area contributed by atoms with E-state index in [1.165, 1.54) is 23.5 Å². The van der Waals surface area contributed by atoms with Crippen LogP contribution in [0.2, 0.25) is 5.02 Å². The summed E-state index contributed by atoms with van der Waals surface area (Å²) >= 11 is 10.5. The van der Waals surface area contributed by atoms with E-state index in [2.05, 4.69) is 26.2 Å². The molecule has 6 nitrogen and oxygen atoms in total. The van der Waals surface area contributed by atoms with Crippen LogP contribution < -0.4 is 5.32 Å². The van der Waals surface area contributed by atoms with Crippen molar-refractivity contribution in [2.75, 3.05) is 5.32 Å². The molecule has 0 aliphatic rings. The summed E-state index contributed by atoms with van der Waals surface area (Å²) in [7, 11) is 0. The Bertz CT molecular complexity index is 944. The molecule has 3 rings (SSSR count). The lowest BCUT2D eigenvalue weighted by molar-refractivity contribution is -0.384. The van der Waals surface area contributed by atoms with Gasteiger partial charge in [0.2, 0.25) is 0 Å². The average molecular weight is 413 g/mol. The molecule has 0 fully saturated rings. The molecule has 0 saturated heterocycles. The second kappa shape index (κ2) is 6.23. The number of carbonyl (C=O) groups is 1. The van der Waals surface area contributed by atoms with E-state index < -0.39 is 10.8 Å². The Morgan fingerprint density at radius 1 is 1.30 bits per heavy atom. The smallest absolute Gasteiger partial charge is 0.271 e. The van der Waals surface area contributed by atoms with Crippen LogP contribution in [0.5, 0.6) is 0 Å². The van der Waals surface area contributed by atoms with Crippen LogP contribution in [0, 0.1) is 10.1 Å². The molecular weight excluding hydrogens is 406 g/mol. The molecule has 116 valence electrons. The first-order valence-electron chi connectivity index (χ1n) is 6.25. The van der Waals surface area contributed by atoms with Crippen molar-refractivity contribution >= 4 is 65.8 Å². The van der Waals surface area contributed by atoms with Crippen LogP contribution in [-0.4, -0.2) is 15.8 Å². The minimum Gasteiger partial charge on any atom is -0.298 e. The SMILES string of the molecule is O=C(Nc1nc2cc([N+](=O)[O-])ccc2s1)c1cc(Br)ccc1Cl. The number of carbonyl (C=O) groups excluding carboxylic acids is 1. The van der Waals surface area contributed by atoms with Gasteiger partial charge in [0.15, 0.2) is 5.13 Å². The Kier molecular flexibility index (Phi) is 4.29. The molecule has 0 aliphatic carbocycles. The molecule has 0 spiro atoms. The Morgan fingerprint density at radius 2 is 2.09 bits per heavy atom. The predicted octanol–water partition coefficient (Wildman–Crippen LogP) is 4.87. The molecule has 1 N–H and O–H groups in total. The molecule has 0 atom stereocenters. The van der Waals surface area contributed by atoms with Crippen LogP contribution in [0.3, 0.4) is 0 Å². The quantitative estimate of drug-likeness (QED) is 0.491. The lowest BCUT2D eigenvalue weighted by atomic mass is 10.2. The van der Waals surface area contributed by atoms with Gasteiger partial charge in [-0.15, -0.1) is 0 Å². The van der Waals surface area contributed by atoms with Crippen LogP contribution in [0.1, 0.15) is 10.4 Å². The van der Waals surface area contributed by atoms with E-state index in [-0.39, 0.29) is 5.69 Å². The standard InChI is InChI=1S/C14H7BrClN3O3S/c15-7-1-3-10(16)9(5-7)13(20)18-14-17-11-6-8(19(21)22)2-4-12(11)23-14/h1-6H,(H,17,18,20). The summed E-state index contributed by atoms with van der Waals surface area (Å²) in [6, 6.07) is 9.33. The predicted molar refractivity (Wildman–Crippen MR) is 93.4 cm³/mol. The Balaban J connectivity index is 1.90. The van der Waals surface area contributed by atoms with E-state index in [0.29, 0.717) is 21.2 Å². The maximum absolute atomic E-state index is 12.3. The van der Waals surface area contributed by atoms with Gasteiger partial charge in [-0.3, -0.25) is 20.2 Å². The lowest BCUT2D eigenvalue weighted by Gasteiger charge is -2.04. The third-order valence-corrected chi connectivity index (χ3v) is 4.75. The fourth-order valence-corrected chi connectivity index (χ4v) is 3.32. The van der Waals surface area contributed by atoms with Crippen LogP contribution in [-0.2, 0) is 0 Å². The highest BCUT2D eigenvalue weighted by Gasteiger charge is 2.15. The number of halogens is 2. The average Bonchev–Trinajstić information content (AvgIpc) is 2.90. The van der Waals surface area contributed by atoms with Gasteiger partial charge in [0.25, 0.3) is 11.6 Å². The number of non-ortho nitro benzene ring substituents is 1. The van der Waals surface area contributed by atoms with Gasteiger partial charge in [-0.1, -0.05) is 38.9 Å². The number of hydrogen-bond donors (Lipinski definition) is 1. The molecular formula is C14H7BrClN3O3S. The maximum atomic E-state index is 12.3. The zero-order chi connectivity index (χ0) is 16.6. The summed E-state index contributed by atoms with van der Waals surface area (Å²) < 4.78 is 1.47. The number of nitro groups is 1. The number of anilines is 1. The van der Waals surface area contributed by atoms with Crippen molar-refractivity contribution in [2.24, 2.45) is 0 Å². The Labute approximate surface area is 147 Å². The minimum absolute atomic E-state index is 0.0456. The highest BCUT2D eigenvalue weighted by atomic mass is 79.9. The number of fused-ring (bicyclic) bond motifs is 1. The van der Waals surface area contributed by atoms with E-state index in [1.54, 1.807) is 24.3 Å². The van der Waals surface area contributed by atoms with E-state index in [9.17, 15) is 14.9 Å². The van der Waals surface area contributed by atoms with Gasteiger partial charge in [0, 0.05) is 16.6 Å². The van der Waals surface area contributed by atoms with Crippen molar-refractivity contribution in [3.63, 3.8) is 0 Å². The van der Waals surface area contributed by atoms with Crippen molar-refractivity contribution in [2.45, 2.75) is 0 Å². The fraction of sp³-hybridized carbons (Fsp3) is 0. The van der Waals surface area contributed by atoms with Gasteiger partial charge >= 0.3 is 0 Å². The number of hydrogen-bond acceptors (Lipinski definition) is 5. The number of nitro benzene ring substituents is 1. The summed E-state index contributed by atoms with van der Waals surface area (Å²) in [5, 5.41) is 14.1. The van der Waals surface area contributed by atoms with Crippen LogP contribution in [0.4, 0.5) is 10.8 Å². The van der Waals surface area contributed by atoms with E-state index >= 15 is 0 Å². The third kappa shape index (κ3) is 3.34. The Morgan fingerprint density at radius 3 is 2.83 bits per heavy atom. The van der Waals surface area contributed by atoms with Crippen LogP contribution in [0.25, 0.3) is 10.2 Å². The molecule has 9 heteroatoms. The van der Waals surface area contributed by atoms with Crippen LogP contribution in [0.15, 0.2) is 40.9 Å². The third-order valence-electron chi connectivity index (χ3n) is 2.98. The number of nitrogens with zero attached hydrogens (tertiary/aromatic N) is 2. The molecule has 2 aromatic carbocycles. The van der Waals surface area contributed by atoms with Crippen molar-refractivity contribution in [1.82, 2.24) is 4.98 Å². The van der Waals surface area contributed by atoms with Gasteiger partial charge in [0.05, 0.1) is 25.7 Å². The first kappa shape index (κ1) is 15.9. The molecule has 1 aromatic heterocycles. The number of benzene rings is 2. The second-order valence-corrected chi connectivity index (χ2v) is 6.86.